The van der Waals surface area contributed by atoms with Gasteiger partial charge in [-0.25, -0.2) is 0 Å². The molecule has 0 aliphatic heterocycles. The Kier molecular flexibility index (Phi) is 7.33. The molecular weight excluding hydrogens is 314 g/mol. The molecule has 0 heterocycles. The molecule has 0 aliphatic rings. The lowest BCUT2D eigenvalue weighted by Crippen LogP contribution is -2.10. The van der Waals surface area contributed by atoms with Crippen molar-refractivity contribution in [1.82, 2.24) is 0 Å². The molecule has 2 aromatic carbocycles. The van der Waals surface area contributed by atoms with Gasteiger partial charge in [-0.3, -0.25) is 4.79 Å². The van der Waals surface area contributed by atoms with Crippen LogP contribution in [0.15, 0.2) is 42.5 Å². The second-order valence-corrected chi connectivity index (χ2v) is 6.04. The van der Waals surface area contributed by atoms with E-state index in [1.54, 1.807) is 12.1 Å². The molecule has 2 aromatic rings. The predicted molar refractivity (Wildman–Crippen MR) is 101 cm³/mol. The first-order valence-electron chi connectivity index (χ1n) is 8.95. The topological polar surface area (TPSA) is 61.6 Å². The van der Waals surface area contributed by atoms with E-state index in [0.717, 1.165) is 48.3 Å². The van der Waals surface area contributed by atoms with Crippen molar-refractivity contribution in [2.24, 2.45) is 5.73 Å². The zero-order valence-electron chi connectivity index (χ0n) is 15.1. The molecule has 1 amide bonds. The first-order valence-corrected chi connectivity index (χ1v) is 8.95. The molecule has 0 atom stereocenters. The van der Waals surface area contributed by atoms with Crippen molar-refractivity contribution < 1.29 is 14.3 Å². The van der Waals surface area contributed by atoms with Gasteiger partial charge in [-0.15, -0.1) is 0 Å². The molecule has 0 bridgehead atoms. The van der Waals surface area contributed by atoms with Crippen LogP contribution >= 0.6 is 0 Å². The van der Waals surface area contributed by atoms with Crippen LogP contribution in [0.4, 0.5) is 0 Å². The van der Waals surface area contributed by atoms with Gasteiger partial charge >= 0.3 is 0 Å². The second kappa shape index (κ2) is 9.72. The molecule has 0 aliphatic carbocycles. The number of amides is 1. The summed E-state index contributed by atoms with van der Waals surface area (Å²) in [5, 5.41) is 0. The van der Waals surface area contributed by atoms with Crippen LogP contribution < -0.4 is 15.2 Å². The molecule has 0 radical (unpaired) electrons. The standard InChI is InChI=1S/C21H27NO3/c1-3-5-10-24-19-13-18(14-20(15-19)25-11-6-4-2)16-8-7-9-17(12-16)21(22)23/h7-9,12-15H,3-6,10-11H2,1-2H3,(H2,22,23). The van der Waals surface area contributed by atoms with Crippen LogP contribution in [0.25, 0.3) is 11.1 Å². The van der Waals surface area contributed by atoms with Gasteiger partial charge in [0.1, 0.15) is 11.5 Å². The van der Waals surface area contributed by atoms with Crippen molar-refractivity contribution in [3.63, 3.8) is 0 Å². The van der Waals surface area contributed by atoms with E-state index in [9.17, 15) is 4.79 Å². The minimum Gasteiger partial charge on any atom is -0.493 e. The maximum Gasteiger partial charge on any atom is 0.248 e. The molecule has 2 N–H and O–H groups in total. The third kappa shape index (κ3) is 5.82. The smallest absolute Gasteiger partial charge is 0.248 e. The molecular formula is C21H27NO3. The summed E-state index contributed by atoms with van der Waals surface area (Å²) in [6, 6.07) is 13.2. The summed E-state index contributed by atoms with van der Waals surface area (Å²) in [5.74, 6) is 1.13. The lowest BCUT2D eigenvalue weighted by molar-refractivity contribution is 0.100. The first kappa shape index (κ1) is 18.8. The van der Waals surface area contributed by atoms with E-state index in [1.807, 2.05) is 30.3 Å². The summed E-state index contributed by atoms with van der Waals surface area (Å²) >= 11 is 0. The maximum absolute atomic E-state index is 11.4. The van der Waals surface area contributed by atoms with Crippen molar-refractivity contribution in [2.45, 2.75) is 39.5 Å². The van der Waals surface area contributed by atoms with Crippen LogP contribution in [0.2, 0.25) is 0 Å². The van der Waals surface area contributed by atoms with Gasteiger partial charge in [0.2, 0.25) is 5.91 Å². The van der Waals surface area contributed by atoms with Crippen molar-refractivity contribution in [1.29, 1.82) is 0 Å². The third-order valence-corrected chi connectivity index (χ3v) is 3.89. The van der Waals surface area contributed by atoms with Crippen LogP contribution in [0.1, 0.15) is 49.9 Å². The van der Waals surface area contributed by atoms with Crippen LogP contribution in [0.5, 0.6) is 11.5 Å². The third-order valence-electron chi connectivity index (χ3n) is 3.89. The van der Waals surface area contributed by atoms with E-state index in [0.29, 0.717) is 18.8 Å². The molecule has 0 fully saturated rings. The van der Waals surface area contributed by atoms with Crippen LogP contribution in [-0.4, -0.2) is 19.1 Å². The fourth-order valence-corrected chi connectivity index (χ4v) is 2.43. The fraction of sp³-hybridized carbons (Fsp3) is 0.381. The Morgan fingerprint density at radius 2 is 1.48 bits per heavy atom. The van der Waals surface area contributed by atoms with E-state index < -0.39 is 5.91 Å². The Labute approximate surface area is 150 Å². The molecule has 134 valence electrons. The summed E-state index contributed by atoms with van der Waals surface area (Å²) < 4.78 is 11.7. The average molecular weight is 341 g/mol. The van der Waals surface area contributed by atoms with Crippen molar-refractivity contribution in [2.75, 3.05) is 13.2 Å². The number of nitrogens with two attached hydrogens (primary N) is 1. The quantitative estimate of drug-likeness (QED) is 0.631. The highest BCUT2D eigenvalue weighted by atomic mass is 16.5. The molecule has 0 saturated carbocycles. The van der Waals surface area contributed by atoms with E-state index in [1.165, 1.54) is 0 Å². The number of carbonyl (C=O) groups excluding carboxylic acids is 1. The monoisotopic (exact) mass is 341 g/mol. The predicted octanol–water partition coefficient (Wildman–Crippen LogP) is 4.81. The summed E-state index contributed by atoms with van der Waals surface area (Å²) in [7, 11) is 0. The molecule has 2 rings (SSSR count). The number of carbonyl (C=O) groups is 1. The second-order valence-electron chi connectivity index (χ2n) is 6.04. The average Bonchev–Trinajstić information content (AvgIpc) is 2.62. The molecule has 25 heavy (non-hydrogen) atoms. The normalized spacial score (nSPS) is 10.5. The van der Waals surface area contributed by atoms with Gasteiger partial charge in [0.25, 0.3) is 0 Å². The minimum atomic E-state index is -0.434. The Morgan fingerprint density at radius 3 is 2.00 bits per heavy atom. The molecule has 0 unspecified atom stereocenters. The number of rotatable bonds is 10. The van der Waals surface area contributed by atoms with Gasteiger partial charge in [0.05, 0.1) is 13.2 Å². The molecule has 4 heteroatoms. The molecule has 0 saturated heterocycles. The Hall–Kier alpha value is -2.49. The summed E-state index contributed by atoms with van der Waals surface area (Å²) in [6.45, 7) is 5.62. The van der Waals surface area contributed by atoms with E-state index >= 15 is 0 Å². The van der Waals surface area contributed by atoms with Gasteiger partial charge in [-0.1, -0.05) is 38.8 Å². The van der Waals surface area contributed by atoms with Gasteiger partial charge in [-0.05, 0) is 48.2 Å². The van der Waals surface area contributed by atoms with Crippen LogP contribution in [0, 0.1) is 0 Å². The van der Waals surface area contributed by atoms with Gasteiger partial charge in [0, 0.05) is 11.6 Å². The first-order chi connectivity index (χ1) is 12.1. The molecule has 0 aromatic heterocycles. The Balaban J connectivity index is 2.30. The van der Waals surface area contributed by atoms with Gasteiger partial charge in [-0.2, -0.15) is 0 Å². The van der Waals surface area contributed by atoms with Gasteiger partial charge in [0.15, 0.2) is 0 Å². The van der Waals surface area contributed by atoms with E-state index in [-0.39, 0.29) is 0 Å². The molecule has 4 nitrogen and oxygen atoms in total. The highest BCUT2D eigenvalue weighted by Crippen LogP contribution is 2.30. The van der Waals surface area contributed by atoms with Crippen LogP contribution in [0.3, 0.4) is 0 Å². The number of benzene rings is 2. The SMILES string of the molecule is CCCCOc1cc(OCCCC)cc(-c2cccc(C(N)=O)c2)c1. The lowest BCUT2D eigenvalue weighted by atomic mass is 10.0. The number of ether oxygens (including phenoxy) is 2. The summed E-state index contributed by atoms with van der Waals surface area (Å²) in [4.78, 5) is 11.4. The fourth-order valence-electron chi connectivity index (χ4n) is 2.43. The zero-order valence-corrected chi connectivity index (χ0v) is 15.1. The van der Waals surface area contributed by atoms with Gasteiger partial charge < -0.3 is 15.2 Å². The minimum absolute atomic E-state index is 0.434. The lowest BCUT2D eigenvalue weighted by Gasteiger charge is -2.13. The molecule has 0 spiro atoms. The zero-order chi connectivity index (χ0) is 18.1. The summed E-state index contributed by atoms with van der Waals surface area (Å²) in [6.07, 6.45) is 4.18. The van der Waals surface area contributed by atoms with E-state index in [4.69, 9.17) is 15.2 Å². The number of hydrogen-bond donors (Lipinski definition) is 1. The Bertz CT molecular complexity index is 669. The number of primary amides is 1. The maximum atomic E-state index is 11.4. The van der Waals surface area contributed by atoms with Crippen molar-refractivity contribution in [3.8, 4) is 22.6 Å². The van der Waals surface area contributed by atoms with Crippen molar-refractivity contribution >= 4 is 5.91 Å². The van der Waals surface area contributed by atoms with Crippen LogP contribution in [-0.2, 0) is 0 Å². The number of hydrogen-bond acceptors (Lipinski definition) is 3. The van der Waals surface area contributed by atoms with Crippen molar-refractivity contribution in [3.05, 3.63) is 48.0 Å². The number of unbranched alkanes of at least 4 members (excludes halogenated alkanes) is 2. The highest BCUT2D eigenvalue weighted by Gasteiger charge is 2.08. The summed E-state index contributed by atoms with van der Waals surface area (Å²) in [5.41, 5.74) is 7.75. The largest absolute Gasteiger partial charge is 0.493 e. The Morgan fingerprint density at radius 1 is 0.880 bits per heavy atom. The van der Waals surface area contributed by atoms with E-state index in [2.05, 4.69) is 13.8 Å². The highest BCUT2D eigenvalue weighted by molar-refractivity contribution is 5.94.